The molecule has 1 aliphatic rings. The minimum absolute atomic E-state index is 0.0684. The molecule has 0 aliphatic heterocycles. The van der Waals surface area contributed by atoms with Crippen molar-refractivity contribution in [1.29, 1.82) is 0 Å². The first-order chi connectivity index (χ1) is 12.2. The van der Waals surface area contributed by atoms with Crippen LogP contribution < -0.4 is 10.1 Å². The summed E-state index contributed by atoms with van der Waals surface area (Å²) in [6, 6.07) is 14.3. The Morgan fingerprint density at radius 3 is 2.60 bits per heavy atom. The fourth-order valence-corrected chi connectivity index (χ4v) is 2.80. The van der Waals surface area contributed by atoms with E-state index < -0.39 is 0 Å². The minimum atomic E-state index is -0.244. The number of halogens is 1. The van der Waals surface area contributed by atoms with Gasteiger partial charge >= 0.3 is 0 Å². The van der Waals surface area contributed by atoms with Gasteiger partial charge in [-0.1, -0.05) is 24.3 Å². The second-order valence-corrected chi connectivity index (χ2v) is 6.24. The lowest BCUT2D eigenvalue weighted by molar-refractivity contribution is -0.117. The molecule has 1 N–H and O–H groups in total. The fourth-order valence-electron chi connectivity index (χ4n) is 2.80. The van der Waals surface area contributed by atoms with Gasteiger partial charge in [-0.15, -0.1) is 0 Å². The Kier molecular flexibility index (Phi) is 5.66. The van der Waals surface area contributed by atoms with Crippen LogP contribution in [0.15, 0.2) is 48.5 Å². The summed E-state index contributed by atoms with van der Waals surface area (Å²) in [6.45, 7) is 3.41. The van der Waals surface area contributed by atoms with Gasteiger partial charge in [0.05, 0.1) is 18.8 Å². The number of nitrogens with one attached hydrogen (secondary N) is 1. The quantitative estimate of drug-likeness (QED) is 0.793. The van der Waals surface area contributed by atoms with Crippen LogP contribution in [-0.2, 0) is 11.3 Å². The van der Waals surface area contributed by atoms with Crippen LogP contribution in [0.1, 0.15) is 25.3 Å². The van der Waals surface area contributed by atoms with Gasteiger partial charge < -0.3 is 10.1 Å². The molecule has 5 heteroatoms. The number of para-hydroxylation sites is 2. The van der Waals surface area contributed by atoms with Crippen molar-refractivity contribution in [2.24, 2.45) is 0 Å². The van der Waals surface area contributed by atoms with Gasteiger partial charge in [-0.3, -0.25) is 9.69 Å². The Morgan fingerprint density at radius 2 is 1.92 bits per heavy atom. The lowest BCUT2D eigenvalue weighted by Gasteiger charge is -2.22. The highest BCUT2D eigenvalue weighted by Gasteiger charge is 2.30. The molecule has 2 aromatic carbocycles. The van der Waals surface area contributed by atoms with Crippen LogP contribution in [0.5, 0.6) is 5.75 Å². The lowest BCUT2D eigenvalue weighted by atomic mass is 10.2. The van der Waals surface area contributed by atoms with Crippen molar-refractivity contribution in [2.45, 2.75) is 32.4 Å². The maximum atomic E-state index is 13.1. The van der Waals surface area contributed by atoms with E-state index in [4.69, 9.17) is 4.74 Å². The van der Waals surface area contributed by atoms with Gasteiger partial charge in [0, 0.05) is 12.6 Å². The standard InChI is InChI=1S/C20H23FN2O2/c1-2-25-19-6-4-3-5-18(19)22-20(24)14-23(17-11-12-17)13-15-7-9-16(21)10-8-15/h3-10,17H,2,11-14H2,1H3,(H,22,24). The predicted molar refractivity (Wildman–Crippen MR) is 96.1 cm³/mol. The fraction of sp³-hybridized carbons (Fsp3) is 0.350. The Hall–Kier alpha value is -2.40. The average molecular weight is 342 g/mol. The molecule has 0 atom stereocenters. The molecule has 1 saturated carbocycles. The van der Waals surface area contributed by atoms with Gasteiger partial charge in [0.25, 0.3) is 0 Å². The molecule has 3 rings (SSSR count). The van der Waals surface area contributed by atoms with E-state index in [1.165, 1.54) is 12.1 Å². The number of carbonyl (C=O) groups excluding carboxylic acids is 1. The normalized spacial score (nSPS) is 13.7. The van der Waals surface area contributed by atoms with E-state index in [1.54, 1.807) is 12.1 Å². The second-order valence-electron chi connectivity index (χ2n) is 6.24. The third-order valence-electron chi connectivity index (χ3n) is 4.17. The van der Waals surface area contributed by atoms with Crippen molar-refractivity contribution in [3.8, 4) is 5.75 Å². The van der Waals surface area contributed by atoms with Gasteiger partial charge in [-0.2, -0.15) is 0 Å². The van der Waals surface area contributed by atoms with Crippen molar-refractivity contribution in [3.63, 3.8) is 0 Å². The van der Waals surface area contributed by atoms with Crippen LogP contribution in [-0.4, -0.2) is 30.0 Å². The molecule has 25 heavy (non-hydrogen) atoms. The van der Waals surface area contributed by atoms with Crippen LogP contribution in [0.25, 0.3) is 0 Å². The van der Waals surface area contributed by atoms with Crippen LogP contribution in [0, 0.1) is 5.82 Å². The lowest BCUT2D eigenvalue weighted by Crippen LogP contribution is -2.34. The zero-order chi connectivity index (χ0) is 17.6. The van der Waals surface area contributed by atoms with Crippen LogP contribution in [0.2, 0.25) is 0 Å². The number of ether oxygens (including phenoxy) is 1. The molecule has 0 saturated heterocycles. The third kappa shape index (κ3) is 5.03. The van der Waals surface area contributed by atoms with E-state index in [2.05, 4.69) is 10.2 Å². The summed E-state index contributed by atoms with van der Waals surface area (Å²) < 4.78 is 18.6. The topological polar surface area (TPSA) is 41.6 Å². The minimum Gasteiger partial charge on any atom is -0.492 e. The van der Waals surface area contributed by atoms with Gasteiger partial charge in [0.1, 0.15) is 11.6 Å². The van der Waals surface area contributed by atoms with Gasteiger partial charge in [0.2, 0.25) is 5.91 Å². The van der Waals surface area contributed by atoms with Crippen LogP contribution in [0.4, 0.5) is 10.1 Å². The Balaban J connectivity index is 1.62. The van der Waals surface area contributed by atoms with Gasteiger partial charge in [-0.25, -0.2) is 4.39 Å². The zero-order valence-electron chi connectivity index (χ0n) is 14.4. The molecular weight excluding hydrogens is 319 g/mol. The summed E-state index contributed by atoms with van der Waals surface area (Å²) >= 11 is 0. The molecule has 1 aliphatic carbocycles. The number of benzene rings is 2. The average Bonchev–Trinajstić information content (AvgIpc) is 3.43. The predicted octanol–water partition coefficient (Wildman–Crippen LogP) is 3.83. The van der Waals surface area contributed by atoms with Crippen molar-refractivity contribution < 1.29 is 13.9 Å². The number of carbonyl (C=O) groups is 1. The summed E-state index contributed by atoms with van der Waals surface area (Å²) in [5.41, 5.74) is 1.70. The molecular formula is C20H23FN2O2. The first-order valence-electron chi connectivity index (χ1n) is 8.66. The molecule has 0 spiro atoms. The monoisotopic (exact) mass is 342 g/mol. The molecule has 0 radical (unpaired) electrons. The van der Waals surface area contributed by atoms with E-state index in [1.807, 2.05) is 31.2 Å². The summed E-state index contributed by atoms with van der Waals surface area (Å²) in [5, 5.41) is 2.94. The smallest absolute Gasteiger partial charge is 0.238 e. The molecule has 0 heterocycles. The highest BCUT2D eigenvalue weighted by atomic mass is 19.1. The molecule has 0 unspecified atom stereocenters. The van der Waals surface area contributed by atoms with Crippen molar-refractivity contribution >= 4 is 11.6 Å². The van der Waals surface area contributed by atoms with E-state index in [-0.39, 0.29) is 11.7 Å². The van der Waals surface area contributed by atoms with E-state index in [9.17, 15) is 9.18 Å². The first-order valence-corrected chi connectivity index (χ1v) is 8.66. The summed E-state index contributed by atoms with van der Waals surface area (Å²) in [5.74, 6) is 0.364. The van der Waals surface area contributed by atoms with Crippen LogP contribution >= 0.6 is 0 Å². The van der Waals surface area contributed by atoms with E-state index >= 15 is 0 Å². The Bertz CT molecular complexity index is 714. The molecule has 132 valence electrons. The summed E-state index contributed by atoms with van der Waals surface area (Å²) in [4.78, 5) is 14.6. The van der Waals surface area contributed by atoms with Crippen LogP contribution in [0.3, 0.4) is 0 Å². The number of anilines is 1. The number of hydrogen-bond donors (Lipinski definition) is 1. The van der Waals surface area contributed by atoms with E-state index in [0.29, 0.717) is 37.2 Å². The van der Waals surface area contributed by atoms with Crippen molar-refractivity contribution in [1.82, 2.24) is 4.90 Å². The molecule has 1 amide bonds. The molecule has 1 fully saturated rings. The van der Waals surface area contributed by atoms with Crippen molar-refractivity contribution in [2.75, 3.05) is 18.5 Å². The largest absolute Gasteiger partial charge is 0.492 e. The van der Waals surface area contributed by atoms with E-state index in [0.717, 1.165) is 18.4 Å². The van der Waals surface area contributed by atoms with Gasteiger partial charge in [-0.05, 0) is 49.6 Å². The first kappa shape index (κ1) is 17.4. The maximum Gasteiger partial charge on any atom is 0.238 e. The molecule has 4 nitrogen and oxygen atoms in total. The summed E-state index contributed by atoms with van der Waals surface area (Å²) in [7, 11) is 0. The van der Waals surface area contributed by atoms with Gasteiger partial charge in [0.15, 0.2) is 0 Å². The highest BCUT2D eigenvalue weighted by molar-refractivity contribution is 5.93. The number of nitrogens with zero attached hydrogens (tertiary/aromatic N) is 1. The Morgan fingerprint density at radius 1 is 1.20 bits per heavy atom. The molecule has 0 aromatic heterocycles. The molecule has 0 bridgehead atoms. The SMILES string of the molecule is CCOc1ccccc1NC(=O)CN(Cc1ccc(F)cc1)C1CC1. The molecule has 2 aromatic rings. The maximum absolute atomic E-state index is 13.1. The zero-order valence-corrected chi connectivity index (χ0v) is 14.4. The van der Waals surface area contributed by atoms with Crippen molar-refractivity contribution in [3.05, 3.63) is 59.9 Å². The Labute approximate surface area is 147 Å². The summed E-state index contributed by atoms with van der Waals surface area (Å²) in [6.07, 6.45) is 2.20. The second kappa shape index (κ2) is 8.12. The highest BCUT2D eigenvalue weighted by Crippen LogP contribution is 2.29. The number of amides is 1. The number of hydrogen-bond acceptors (Lipinski definition) is 3. The third-order valence-corrected chi connectivity index (χ3v) is 4.17. The number of rotatable bonds is 8.